The van der Waals surface area contributed by atoms with E-state index in [9.17, 15) is 9.59 Å². The highest BCUT2D eigenvalue weighted by Gasteiger charge is 2.11. The van der Waals surface area contributed by atoms with Gasteiger partial charge in [0.2, 0.25) is 10.5 Å². The molecule has 78 valence electrons. The molecule has 2 heterocycles. The third-order valence-electron chi connectivity index (χ3n) is 1.80. The standard InChI is InChI=1S/C7H6N4O3S/c1-14-5(13)3-2-4(12)11-6(8-3)9-10-7(11)15/h2H,1H3,(H,8,9)(H,10,15). The first-order chi connectivity index (χ1) is 7.13. The molecule has 0 bridgehead atoms. The second kappa shape index (κ2) is 3.31. The number of hydrogen-bond donors (Lipinski definition) is 2. The van der Waals surface area contributed by atoms with E-state index in [4.69, 9.17) is 12.2 Å². The average molecular weight is 226 g/mol. The Labute approximate surface area is 87.7 Å². The minimum absolute atomic E-state index is 0.0623. The molecule has 0 saturated heterocycles. The molecular formula is C7H6N4O3S. The van der Waals surface area contributed by atoms with Crippen molar-refractivity contribution in [3.8, 4) is 0 Å². The predicted molar refractivity (Wildman–Crippen MR) is 52.3 cm³/mol. The van der Waals surface area contributed by atoms with E-state index in [0.29, 0.717) is 0 Å². The second-order valence-electron chi connectivity index (χ2n) is 2.69. The fourth-order valence-corrected chi connectivity index (χ4v) is 1.36. The Balaban J connectivity index is 2.80. The molecule has 0 spiro atoms. The molecule has 2 aromatic heterocycles. The minimum Gasteiger partial charge on any atom is -0.464 e. The fraction of sp³-hybridized carbons (Fsp3) is 0.143. The highest BCUT2D eigenvalue weighted by Crippen LogP contribution is 1.97. The number of H-pyrrole nitrogens is 2. The molecule has 0 aromatic carbocycles. The van der Waals surface area contributed by atoms with Crippen LogP contribution < -0.4 is 5.56 Å². The lowest BCUT2D eigenvalue weighted by Crippen LogP contribution is -2.17. The van der Waals surface area contributed by atoms with Crippen LogP contribution in [0.1, 0.15) is 10.5 Å². The zero-order valence-corrected chi connectivity index (χ0v) is 8.42. The quantitative estimate of drug-likeness (QED) is 0.522. The number of carbonyl (C=O) groups is 1. The first-order valence-corrected chi connectivity index (χ1v) is 4.33. The zero-order chi connectivity index (χ0) is 11.0. The van der Waals surface area contributed by atoms with Crippen LogP contribution in [0.25, 0.3) is 5.78 Å². The van der Waals surface area contributed by atoms with Crippen molar-refractivity contribution in [3.63, 3.8) is 0 Å². The lowest BCUT2D eigenvalue weighted by molar-refractivity contribution is 0.0594. The van der Waals surface area contributed by atoms with Crippen molar-refractivity contribution >= 4 is 24.0 Å². The van der Waals surface area contributed by atoms with E-state index >= 15 is 0 Å². The first kappa shape index (κ1) is 9.59. The molecule has 7 nitrogen and oxygen atoms in total. The summed E-state index contributed by atoms with van der Waals surface area (Å²) in [7, 11) is 1.21. The number of hydrogen-bond acceptors (Lipinski definition) is 5. The van der Waals surface area contributed by atoms with Crippen LogP contribution in [0.4, 0.5) is 0 Å². The molecule has 2 rings (SSSR count). The molecule has 0 radical (unpaired) electrons. The lowest BCUT2D eigenvalue weighted by Gasteiger charge is -1.97. The van der Waals surface area contributed by atoms with Crippen molar-refractivity contribution in [3.05, 3.63) is 26.9 Å². The molecule has 0 fully saturated rings. The molecule has 0 aliphatic carbocycles. The van der Waals surface area contributed by atoms with E-state index < -0.39 is 11.5 Å². The van der Waals surface area contributed by atoms with Crippen molar-refractivity contribution < 1.29 is 9.53 Å². The smallest absolute Gasteiger partial charge is 0.357 e. The number of methoxy groups -OCH3 is 1. The van der Waals surface area contributed by atoms with E-state index in [1.165, 1.54) is 7.11 Å². The van der Waals surface area contributed by atoms with Crippen LogP contribution in [-0.2, 0) is 4.74 Å². The molecule has 8 heteroatoms. The molecule has 0 atom stereocenters. The number of rotatable bonds is 1. The highest BCUT2D eigenvalue weighted by atomic mass is 32.1. The summed E-state index contributed by atoms with van der Waals surface area (Å²) in [5.41, 5.74) is -0.504. The molecule has 0 aliphatic heterocycles. The summed E-state index contributed by atoms with van der Waals surface area (Å²) < 4.78 is 5.78. The normalized spacial score (nSPS) is 10.5. The van der Waals surface area contributed by atoms with Gasteiger partial charge in [0.15, 0.2) is 5.69 Å². The topological polar surface area (TPSA) is 92.2 Å². The van der Waals surface area contributed by atoms with Crippen molar-refractivity contribution in [1.82, 2.24) is 19.6 Å². The summed E-state index contributed by atoms with van der Waals surface area (Å²) in [5.74, 6) is -0.497. The van der Waals surface area contributed by atoms with Crippen LogP contribution in [0.5, 0.6) is 0 Å². The Morgan fingerprint density at radius 3 is 3.00 bits per heavy atom. The summed E-state index contributed by atoms with van der Waals surface area (Å²) in [6, 6.07) is 1.07. The lowest BCUT2D eigenvalue weighted by atomic mass is 10.4. The number of nitrogens with zero attached hydrogens (tertiary/aromatic N) is 2. The summed E-state index contributed by atoms with van der Waals surface area (Å²) >= 11 is 4.83. The van der Waals surface area contributed by atoms with E-state index in [1.807, 2.05) is 0 Å². The monoisotopic (exact) mass is 226 g/mol. The summed E-state index contributed by atoms with van der Waals surface area (Å²) in [4.78, 5) is 26.5. The molecule has 15 heavy (non-hydrogen) atoms. The number of fused-ring (bicyclic) bond motifs is 1. The van der Waals surface area contributed by atoms with Crippen LogP contribution in [0.3, 0.4) is 0 Å². The van der Waals surface area contributed by atoms with Crippen LogP contribution >= 0.6 is 12.2 Å². The van der Waals surface area contributed by atoms with Crippen molar-refractivity contribution in [1.29, 1.82) is 0 Å². The van der Waals surface area contributed by atoms with Crippen LogP contribution in [0, 0.1) is 4.77 Å². The van der Waals surface area contributed by atoms with E-state index in [0.717, 1.165) is 10.5 Å². The highest BCUT2D eigenvalue weighted by molar-refractivity contribution is 7.71. The number of carbonyl (C=O) groups excluding carboxylic acids is 1. The van der Waals surface area contributed by atoms with Crippen LogP contribution in [0.2, 0.25) is 0 Å². The van der Waals surface area contributed by atoms with Gasteiger partial charge in [-0.1, -0.05) is 0 Å². The molecular weight excluding hydrogens is 220 g/mol. The van der Waals surface area contributed by atoms with Gasteiger partial charge in [-0.05, 0) is 12.2 Å². The van der Waals surface area contributed by atoms with Gasteiger partial charge in [-0.2, -0.15) is 0 Å². The van der Waals surface area contributed by atoms with Gasteiger partial charge in [-0.15, -0.1) is 0 Å². The summed E-state index contributed by atoms with van der Waals surface area (Å²) in [6.07, 6.45) is 0. The molecule has 2 aromatic rings. The van der Waals surface area contributed by atoms with Crippen molar-refractivity contribution in [2.24, 2.45) is 0 Å². The Morgan fingerprint density at radius 1 is 1.60 bits per heavy atom. The van der Waals surface area contributed by atoms with Crippen molar-refractivity contribution in [2.75, 3.05) is 7.11 Å². The maximum Gasteiger partial charge on any atom is 0.357 e. The van der Waals surface area contributed by atoms with Gasteiger partial charge in [-0.3, -0.25) is 15.0 Å². The molecule has 2 N–H and O–H groups in total. The van der Waals surface area contributed by atoms with E-state index in [2.05, 4.69) is 19.9 Å². The van der Waals surface area contributed by atoms with Gasteiger partial charge < -0.3 is 4.74 Å². The fourth-order valence-electron chi connectivity index (χ4n) is 1.14. The average Bonchev–Trinajstić information content (AvgIpc) is 2.59. The largest absolute Gasteiger partial charge is 0.464 e. The Morgan fingerprint density at radius 2 is 2.33 bits per heavy atom. The molecule has 0 unspecified atom stereocenters. The van der Waals surface area contributed by atoms with Gasteiger partial charge >= 0.3 is 5.97 Å². The zero-order valence-electron chi connectivity index (χ0n) is 7.60. The predicted octanol–water partition coefficient (Wildman–Crippen LogP) is -0.133. The van der Waals surface area contributed by atoms with Crippen LogP contribution in [-0.4, -0.2) is 32.7 Å². The van der Waals surface area contributed by atoms with Crippen LogP contribution in [0.15, 0.2) is 10.9 Å². The number of esters is 1. The second-order valence-corrected chi connectivity index (χ2v) is 3.07. The summed E-state index contributed by atoms with van der Waals surface area (Å²) in [6.45, 7) is 0. The van der Waals surface area contributed by atoms with Gasteiger partial charge in [0.25, 0.3) is 5.56 Å². The molecule has 0 amide bonds. The summed E-state index contributed by atoms with van der Waals surface area (Å²) in [5, 5.41) is 5.10. The first-order valence-electron chi connectivity index (χ1n) is 3.92. The number of ether oxygens (including phenoxy) is 1. The SMILES string of the molecule is COC(=O)c1cc(=O)n2c(=S)[nH][nH]c2n1. The Kier molecular flexibility index (Phi) is 2.12. The van der Waals surface area contributed by atoms with E-state index in [1.54, 1.807) is 0 Å². The Hall–Kier alpha value is -1.96. The Bertz CT molecular complexity index is 637. The van der Waals surface area contributed by atoms with Crippen molar-refractivity contribution in [2.45, 2.75) is 0 Å². The minimum atomic E-state index is -0.671. The number of nitrogens with one attached hydrogen (secondary N) is 2. The maximum atomic E-state index is 11.5. The van der Waals surface area contributed by atoms with E-state index in [-0.39, 0.29) is 16.2 Å². The third-order valence-corrected chi connectivity index (χ3v) is 2.08. The maximum absolute atomic E-state index is 11.5. The van der Waals surface area contributed by atoms with Gasteiger partial charge in [0.1, 0.15) is 0 Å². The van der Waals surface area contributed by atoms with Gasteiger partial charge in [0, 0.05) is 6.07 Å². The number of aromatic amines is 2. The number of aromatic nitrogens is 4. The molecule has 0 aliphatic rings. The van der Waals surface area contributed by atoms with Gasteiger partial charge in [0.05, 0.1) is 7.11 Å². The van der Waals surface area contributed by atoms with Gasteiger partial charge in [-0.25, -0.2) is 14.2 Å². The molecule has 0 saturated carbocycles. The third kappa shape index (κ3) is 1.44.